The van der Waals surface area contributed by atoms with Gasteiger partial charge in [0.25, 0.3) is 0 Å². The Hall–Kier alpha value is -2.47. The summed E-state index contributed by atoms with van der Waals surface area (Å²) >= 11 is 5.19. The largest absolute Gasteiger partial charge is 0.465 e. The second kappa shape index (κ2) is 7.00. The lowest BCUT2D eigenvalue weighted by Crippen LogP contribution is -2.19. The molecule has 2 rings (SSSR count). The number of hydrogen-bond donors (Lipinski definition) is 2. The van der Waals surface area contributed by atoms with Crippen LogP contribution in [0.4, 0.5) is 15.8 Å². The third kappa shape index (κ3) is 4.02. The number of aryl methyl sites for hydroxylation is 1. The number of rotatable bonds is 3. The number of ether oxygens (including phenoxy) is 1. The summed E-state index contributed by atoms with van der Waals surface area (Å²) in [7, 11) is 1.33. The summed E-state index contributed by atoms with van der Waals surface area (Å²) in [4.78, 5) is 11.3. The number of thiocarbonyl (C=S) groups is 1. The maximum absolute atomic E-state index is 13.2. The van der Waals surface area contributed by atoms with Crippen LogP contribution in [0.3, 0.4) is 0 Å². The zero-order valence-electron chi connectivity index (χ0n) is 12.1. The van der Waals surface area contributed by atoms with E-state index in [2.05, 4.69) is 15.4 Å². The van der Waals surface area contributed by atoms with E-state index >= 15 is 0 Å². The fourth-order valence-corrected chi connectivity index (χ4v) is 2.06. The van der Waals surface area contributed by atoms with Crippen LogP contribution in [0.5, 0.6) is 0 Å². The van der Waals surface area contributed by atoms with Gasteiger partial charge in [-0.1, -0.05) is 0 Å². The molecule has 114 valence electrons. The average molecular weight is 318 g/mol. The molecule has 0 aromatic heterocycles. The molecule has 0 radical (unpaired) electrons. The number of carbonyl (C=O) groups is 1. The Morgan fingerprint density at radius 2 is 1.68 bits per heavy atom. The van der Waals surface area contributed by atoms with Crippen LogP contribution in [0.1, 0.15) is 15.9 Å². The lowest BCUT2D eigenvalue weighted by Gasteiger charge is -2.11. The van der Waals surface area contributed by atoms with Crippen molar-refractivity contribution in [3.8, 4) is 0 Å². The number of carbonyl (C=O) groups excluding carboxylic acids is 1. The van der Waals surface area contributed by atoms with E-state index in [0.29, 0.717) is 21.9 Å². The van der Waals surface area contributed by atoms with Gasteiger partial charge in [-0.05, 0) is 67.2 Å². The summed E-state index contributed by atoms with van der Waals surface area (Å²) in [6, 6.07) is 11.4. The molecule has 2 N–H and O–H groups in total. The number of benzene rings is 2. The summed E-state index contributed by atoms with van der Waals surface area (Å²) in [6.07, 6.45) is 0. The minimum absolute atomic E-state index is 0.261. The van der Waals surface area contributed by atoms with Gasteiger partial charge in [0.05, 0.1) is 12.7 Å². The van der Waals surface area contributed by atoms with Gasteiger partial charge in [-0.3, -0.25) is 0 Å². The Morgan fingerprint density at radius 1 is 1.09 bits per heavy atom. The van der Waals surface area contributed by atoms with Gasteiger partial charge in [-0.25, -0.2) is 9.18 Å². The van der Waals surface area contributed by atoms with Gasteiger partial charge >= 0.3 is 5.97 Å². The molecule has 2 aromatic carbocycles. The zero-order chi connectivity index (χ0) is 16.1. The number of anilines is 2. The van der Waals surface area contributed by atoms with Gasteiger partial charge in [-0.2, -0.15) is 0 Å². The second-order valence-corrected chi connectivity index (χ2v) is 5.02. The topological polar surface area (TPSA) is 50.4 Å². The third-order valence-electron chi connectivity index (χ3n) is 2.98. The normalized spacial score (nSPS) is 9.95. The van der Waals surface area contributed by atoms with Crippen molar-refractivity contribution in [3.05, 3.63) is 59.4 Å². The first-order chi connectivity index (χ1) is 10.5. The molecule has 4 nitrogen and oxygen atoms in total. The van der Waals surface area contributed by atoms with Crippen molar-refractivity contribution in [2.45, 2.75) is 6.92 Å². The predicted octanol–water partition coefficient (Wildman–Crippen LogP) is 3.73. The van der Waals surface area contributed by atoms with Crippen molar-refractivity contribution in [2.24, 2.45) is 0 Å². The van der Waals surface area contributed by atoms with Crippen molar-refractivity contribution in [1.82, 2.24) is 0 Å². The first kappa shape index (κ1) is 15.9. The van der Waals surface area contributed by atoms with Crippen molar-refractivity contribution in [2.75, 3.05) is 17.7 Å². The SMILES string of the molecule is COC(=O)c1ccc(NC(=S)Nc2ccc(F)c(C)c2)cc1. The van der Waals surface area contributed by atoms with Crippen LogP contribution in [0.25, 0.3) is 0 Å². The summed E-state index contributed by atoms with van der Waals surface area (Å²) < 4.78 is 17.8. The summed E-state index contributed by atoms with van der Waals surface area (Å²) in [5, 5.41) is 6.32. The van der Waals surface area contributed by atoms with E-state index in [4.69, 9.17) is 12.2 Å². The molecule has 0 aliphatic rings. The lowest BCUT2D eigenvalue weighted by atomic mass is 10.2. The van der Waals surface area contributed by atoms with E-state index in [-0.39, 0.29) is 5.82 Å². The highest BCUT2D eigenvalue weighted by molar-refractivity contribution is 7.80. The number of halogens is 1. The smallest absolute Gasteiger partial charge is 0.337 e. The maximum Gasteiger partial charge on any atom is 0.337 e. The van der Waals surface area contributed by atoms with Crippen molar-refractivity contribution in [1.29, 1.82) is 0 Å². The van der Waals surface area contributed by atoms with Gasteiger partial charge < -0.3 is 15.4 Å². The van der Waals surface area contributed by atoms with Crippen LogP contribution in [0.2, 0.25) is 0 Å². The number of nitrogens with one attached hydrogen (secondary N) is 2. The molecule has 22 heavy (non-hydrogen) atoms. The molecule has 0 spiro atoms. The van der Waals surface area contributed by atoms with E-state index in [1.807, 2.05) is 0 Å². The molecule has 6 heteroatoms. The summed E-state index contributed by atoms with van der Waals surface area (Å²) in [5.74, 6) is -0.656. The van der Waals surface area contributed by atoms with Gasteiger partial charge in [0.1, 0.15) is 5.82 Å². The van der Waals surface area contributed by atoms with E-state index in [1.165, 1.54) is 13.2 Å². The molecular weight excluding hydrogens is 303 g/mol. The predicted molar refractivity (Wildman–Crippen MR) is 88.8 cm³/mol. The Balaban J connectivity index is 1.99. The molecule has 0 aliphatic heterocycles. The van der Waals surface area contributed by atoms with Crippen LogP contribution >= 0.6 is 12.2 Å². The molecule has 0 atom stereocenters. The summed E-state index contributed by atoms with van der Waals surface area (Å²) in [5.41, 5.74) is 2.42. The monoisotopic (exact) mass is 318 g/mol. The number of methoxy groups -OCH3 is 1. The molecule has 0 fully saturated rings. The van der Waals surface area contributed by atoms with Crippen LogP contribution < -0.4 is 10.6 Å². The fourth-order valence-electron chi connectivity index (χ4n) is 1.82. The van der Waals surface area contributed by atoms with Crippen molar-refractivity contribution >= 4 is 34.7 Å². The Morgan fingerprint density at radius 3 is 2.27 bits per heavy atom. The molecule has 0 amide bonds. The first-order valence-electron chi connectivity index (χ1n) is 6.52. The second-order valence-electron chi connectivity index (χ2n) is 4.61. The number of esters is 1. The lowest BCUT2D eigenvalue weighted by molar-refractivity contribution is 0.0601. The maximum atomic E-state index is 13.2. The summed E-state index contributed by atoms with van der Waals surface area (Å²) in [6.45, 7) is 1.68. The van der Waals surface area contributed by atoms with E-state index in [9.17, 15) is 9.18 Å². The fraction of sp³-hybridized carbons (Fsp3) is 0.125. The molecular formula is C16H15FN2O2S. The number of hydrogen-bond acceptors (Lipinski definition) is 3. The molecule has 0 unspecified atom stereocenters. The van der Waals surface area contributed by atoms with Gasteiger partial charge in [0, 0.05) is 11.4 Å². The molecule has 0 heterocycles. The minimum atomic E-state index is -0.394. The average Bonchev–Trinajstić information content (AvgIpc) is 2.51. The van der Waals surface area contributed by atoms with E-state index in [1.54, 1.807) is 43.3 Å². The van der Waals surface area contributed by atoms with Crippen LogP contribution in [-0.4, -0.2) is 18.2 Å². The van der Waals surface area contributed by atoms with Gasteiger partial charge in [-0.15, -0.1) is 0 Å². The third-order valence-corrected chi connectivity index (χ3v) is 3.18. The van der Waals surface area contributed by atoms with E-state index < -0.39 is 5.97 Å². The Bertz CT molecular complexity index is 702. The van der Waals surface area contributed by atoms with Crippen LogP contribution in [0, 0.1) is 12.7 Å². The Kier molecular flexibility index (Phi) is 5.06. The highest BCUT2D eigenvalue weighted by atomic mass is 32.1. The Labute approximate surface area is 133 Å². The molecule has 2 aromatic rings. The van der Waals surface area contributed by atoms with E-state index in [0.717, 1.165) is 5.69 Å². The minimum Gasteiger partial charge on any atom is -0.465 e. The highest BCUT2D eigenvalue weighted by Gasteiger charge is 2.05. The zero-order valence-corrected chi connectivity index (χ0v) is 13.0. The molecule has 0 bridgehead atoms. The first-order valence-corrected chi connectivity index (χ1v) is 6.93. The van der Waals surface area contributed by atoms with Gasteiger partial charge in [0.15, 0.2) is 5.11 Å². The van der Waals surface area contributed by atoms with Crippen LogP contribution in [-0.2, 0) is 4.74 Å². The van der Waals surface area contributed by atoms with Crippen molar-refractivity contribution in [3.63, 3.8) is 0 Å². The van der Waals surface area contributed by atoms with Crippen molar-refractivity contribution < 1.29 is 13.9 Å². The van der Waals surface area contributed by atoms with Gasteiger partial charge in [0.2, 0.25) is 0 Å². The molecule has 0 saturated carbocycles. The standard InChI is InChI=1S/C16H15FN2O2S/c1-10-9-13(7-8-14(10)17)19-16(22)18-12-5-3-11(4-6-12)15(20)21-2/h3-9H,1-2H3,(H2,18,19,22). The molecule has 0 saturated heterocycles. The highest BCUT2D eigenvalue weighted by Crippen LogP contribution is 2.15. The van der Waals surface area contributed by atoms with Crippen LogP contribution in [0.15, 0.2) is 42.5 Å². The molecule has 0 aliphatic carbocycles. The quantitative estimate of drug-likeness (QED) is 0.667.